The topological polar surface area (TPSA) is 18.5 Å². The fraction of sp³-hybridized carbons (Fsp3) is 0.778. The maximum absolute atomic E-state index is 5.38. The Morgan fingerprint density at radius 1 is 1.36 bits per heavy atom. The SMILES string of the molecule is COC1=COC(C)C(C)C1C. The number of hydrogen-bond acceptors (Lipinski definition) is 2. The van der Waals surface area contributed by atoms with E-state index in [4.69, 9.17) is 9.47 Å². The molecule has 11 heavy (non-hydrogen) atoms. The Kier molecular flexibility index (Phi) is 2.42. The maximum atomic E-state index is 5.38. The summed E-state index contributed by atoms with van der Waals surface area (Å²) in [5.74, 6) is 1.97. The highest BCUT2D eigenvalue weighted by molar-refractivity contribution is 4.99. The van der Waals surface area contributed by atoms with E-state index in [0.29, 0.717) is 17.9 Å². The van der Waals surface area contributed by atoms with Crippen molar-refractivity contribution < 1.29 is 9.47 Å². The minimum atomic E-state index is 0.309. The molecule has 0 aliphatic carbocycles. The summed E-state index contributed by atoms with van der Waals surface area (Å²) >= 11 is 0. The minimum Gasteiger partial charge on any atom is -0.498 e. The number of allylic oxidation sites excluding steroid dienone is 1. The molecule has 0 aromatic heterocycles. The van der Waals surface area contributed by atoms with Gasteiger partial charge in [-0.15, -0.1) is 0 Å². The van der Waals surface area contributed by atoms with Crippen LogP contribution in [0.4, 0.5) is 0 Å². The Morgan fingerprint density at radius 2 is 2.00 bits per heavy atom. The van der Waals surface area contributed by atoms with Crippen molar-refractivity contribution in [1.29, 1.82) is 0 Å². The molecule has 3 unspecified atom stereocenters. The van der Waals surface area contributed by atoms with Crippen LogP contribution in [0.25, 0.3) is 0 Å². The van der Waals surface area contributed by atoms with Gasteiger partial charge < -0.3 is 9.47 Å². The first-order valence-electron chi connectivity index (χ1n) is 4.06. The molecule has 0 aromatic carbocycles. The van der Waals surface area contributed by atoms with Gasteiger partial charge in [-0.2, -0.15) is 0 Å². The Balaban J connectivity index is 2.70. The van der Waals surface area contributed by atoms with Crippen molar-refractivity contribution in [2.24, 2.45) is 11.8 Å². The van der Waals surface area contributed by atoms with E-state index in [-0.39, 0.29) is 0 Å². The number of methoxy groups -OCH3 is 1. The molecule has 2 heteroatoms. The summed E-state index contributed by atoms with van der Waals surface area (Å²) in [4.78, 5) is 0. The van der Waals surface area contributed by atoms with E-state index >= 15 is 0 Å². The molecule has 0 N–H and O–H groups in total. The van der Waals surface area contributed by atoms with Crippen molar-refractivity contribution in [2.45, 2.75) is 26.9 Å². The van der Waals surface area contributed by atoms with Crippen LogP contribution >= 0.6 is 0 Å². The zero-order valence-corrected chi connectivity index (χ0v) is 7.63. The quantitative estimate of drug-likeness (QED) is 0.579. The summed E-state index contributed by atoms with van der Waals surface area (Å²) < 4.78 is 10.5. The largest absolute Gasteiger partial charge is 0.498 e. The summed E-state index contributed by atoms with van der Waals surface area (Å²) in [6.45, 7) is 6.44. The zero-order valence-electron chi connectivity index (χ0n) is 7.63. The molecular weight excluding hydrogens is 140 g/mol. The average Bonchev–Trinajstić information content (AvgIpc) is 2.01. The predicted octanol–water partition coefficient (Wildman–Crippen LogP) is 2.17. The van der Waals surface area contributed by atoms with Crippen LogP contribution in [0.3, 0.4) is 0 Å². The smallest absolute Gasteiger partial charge is 0.133 e. The van der Waals surface area contributed by atoms with Gasteiger partial charge in [-0.05, 0) is 6.92 Å². The van der Waals surface area contributed by atoms with Crippen LogP contribution in [0.1, 0.15) is 20.8 Å². The van der Waals surface area contributed by atoms with Crippen molar-refractivity contribution >= 4 is 0 Å². The Labute approximate surface area is 68.2 Å². The Morgan fingerprint density at radius 3 is 2.55 bits per heavy atom. The van der Waals surface area contributed by atoms with E-state index in [9.17, 15) is 0 Å². The third kappa shape index (κ3) is 1.50. The van der Waals surface area contributed by atoms with Crippen molar-refractivity contribution in [3.8, 4) is 0 Å². The first kappa shape index (κ1) is 8.44. The van der Waals surface area contributed by atoms with Gasteiger partial charge in [0.2, 0.25) is 0 Å². The van der Waals surface area contributed by atoms with E-state index < -0.39 is 0 Å². The summed E-state index contributed by atoms with van der Waals surface area (Å²) in [6, 6.07) is 0. The first-order chi connectivity index (χ1) is 5.16. The van der Waals surface area contributed by atoms with E-state index in [1.54, 1.807) is 13.4 Å². The molecule has 3 atom stereocenters. The third-order valence-electron chi connectivity index (χ3n) is 2.61. The molecule has 0 fully saturated rings. The Bertz CT molecular complexity index is 163. The lowest BCUT2D eigenvalue weighted by molar-refractivity contribution is 0.0344. The lowest BCUT2D eigenvalue weighted by atomic mass is 9.88. The van der Waals surface area contributed by atoms with Crippen molar-refractivity contribution in [3.63, 3.8) is 0 Å². The van der Waals surface area contributed by atoms with Gasteiger partial charge >= 0.3 is 0 Å². The van der Waals surface area contributed by atoms with Gasteiger partial charge in [0, 0.05) is 11.8 Å². The second-order valence-electron chi connectivity index (χ2n) is 3.21. The maximum Gasteiger partial charge on any atom is 0.133 e. The molecule has 1 rings (SSSR count). The highest BCUT2D eigenvalue weighted by Crippen LogP contribution is 2.29. The highest BCUT2D eigenvalue weighted by Gasteiger charge is 2.27. The van der Waals surface area contributed by atoms with Crippen LogP contribution in [0.15, 0.2) is 12.0 Å². The van der Waals surface area contributed by atoms with E-state index in [1.165, 1.54) is 0 Å². The van der Waals surface area contributed by atoms with Gasteiger partial charge in [-0.3, -0.25) is 0 Å². The average molecular weight is 156 g/mol. The normalized spacial score (nSPS) is 37.5. The van der Waals surface area contributed by atoms with Crippen LogP contribution in [0.5, 0.6) is 0 Å². The van der Waals surface area contributed by atoms with Crippen LogP contribution in [0, 0.1) is 11.8 Å². The fourth-order valence-electron chi connectivity index (χ4n) is 1.31. The number of ether oxygens (including phenoxy) is 2. The van der Waals surface area contributed by atoms with Gasteiger partial charge in [-0.1, -0.05) is 13.8 Å². The molecule has 2 nitrogen and oxygen atoms in total. The summed E-state index contributed by atoms with van der Waals surface area (Å²) in [7, 11) is 1.69. The first-order valence-corrected chi connectivity index (χ1v) is 4.06. The fourth-order valence-corrected chi connectivity index (χ4v) is 1.31. The summed E-state index contributed by atoms with van der Waals surface area (Å²) in [5, 5.41) is 0. The zero-order chi connectivity index (χ0) is 8.43. The monoisotopic (exact) mass is 156 g/mol. The molecule has 0 aromatic rings. The number of hydrogen-bond donors (Lipinski definition) is 0. The lowest BCUT2D eigenvalue weighted by Crippen LogP contribution is -2.28. The summed E-state index contributed by atoms with van der Waals surface area (Å²) in [5.41, 5.74) is 0. The Hall–Kier alpha value is -0.660. The molecule has 1 aliphatic heterocycles. The second kappa shape index (κ2) is 3.16. The van der Waals surface area contributed by atoms with Gasteiger partial charge in [0.25, 0.3) is 0 Å². The lowest BCUT2D eigenvalue weighted by Gasteiger charge is -2.31. The van der Waals surface area contributed by atoms with Crippen molar-refractivity contribution in [1.82, 2.24) is 0 Å². The molecule has 0 bridgehead atoms. The standard InChI is InChI=1S/C9H16O2/c1-6-7(2)9(10-4)5-11-8(6)3/h5-8H,1-4H3. The molecule has 0 saturated heterocycles. The van der Waals surface area contributed by atoms with Crippen LogP contribution in [0.2, 0.25) is 0 Å². The van der Waals surface area contributed by atoms with Crippen molar-refractivity contribution in [2.75, 3.05) is 7.11 Å². The molecule has 0 amide bonds. The molecular formula is C9H16O2. The van der Waals surface area contributed by atoms with Crippen molar-refractivity contribution in [3.05, 3.63) is 12.0 Å². The van der Waals surface area contributed by atoms with Crippen LogP contribution in [-0.2, 0) is 9.47 Å². The minimum absolute atomic E-state index is 0.309. The van der Waals surface area contributed by atoms with Gasteiger partial charge in [0.1, 0.15) is 12.0 Å². The summed E-state index contributed by atoms with van der Waals surface area (Å²) in [6.07, 6.45) is 2.04. The van der Waals surface area contributed by atoms with E-state index in [1.807, 2.05) is 0 Å². The van der Waals surface area contributed by atoms with Gasteiger partial charge in [0.05, 0.1) is 13.2 Å². The van der Waals surface area contributed by atoms with E-state index in [2.05, 4.69) is 20.8 Å². The van der Waals surface area contributed by atoms with E-state index in [0.717, 1.165) is 5.76 Å². The third-order valence-corrected chi connectivity index (χ3v) is 2.61. The molecule has 1 aliphatic rings. The predicted molar refractivity (Wildman–Crippen MR) is 44.0 cm³/mol. The highest BCUT2D eigenvalue weighted by atomic mass is 16.5. The van der Waals surface area contributed by atoms with Gasteiger partial charge in [-0.25, -0.2) is 0 Å². The molecule has 0 radical (unpaired) electrons. The van der Waals surface area contributed by atoms with Crippen LogP contribution < -0.4 is 0 Å². The number of rotatable bonds is 1. The molecule has 0 spiro atoms. The van der Waals surface area contributed by atoms with Crippen LogP contribution in [-0.4, -0.2) is 13.2 Å². The molecule has 64 valence electrons. The van der Waals surface area contributed by atoms with Gasteiger partial charge in [0.15, 0.2) is 0 Å². The molecule has 0 saturated carbocycles. The molecule has 1 heterocycles. The second-order valence-corrected chi connectivity index (χ2v) is 3.21.